The fourth-order valence-corrected chi connectivity index (χ4v) is 0. The highest BCUT2D eigenvalue weighted by Gasteiger charge is 1.88. The topological polar surface area (TPSA) is 52.5 Å². The average molecular weight is 120 g/mol. The summed E-state index contributed by atoms with van der Waals surface area (Å²) >= 11 is 0. The van der Waals surface area contributed by atoms with Crippen molar-refractivity contribution < 1.29 is 4.48 Å². The van der Waals surface area contributed by atoms with E-state index >= 15 is 0 Å². The van der Waals surface area contributed by atoms with Crippen LogP contribution in [-0.2, 0) is 0 Å². The van der Waals surface area contributed by atoms with Gasteiger partial charge in [0.25, 0.3) is 0 Å². The number of hydrogen-bond acceptors (Lipinski definition) is 3. The SMILES string of the molecule is C[N+](C)(C)C.O=N[O-]. The number of nitrogens with zero attached hydrogens (tertiary/aromatic N) is 2. The first kappa shape index (κ1) is 10.4. The molecule has 4 heteroatoms. The van der Waals surface area contributed by atoms with Crippen LogP contribution in [0.2, 0.25) is 0 Å². The maximum atomic E-state index is 8.00. The first-order valence-electron chi connectivity index (χ1n) is 2.15. The van der Waals surface area contributed by atoms with Gasteiger partial charge in [0.2, 0.25) is 0 Å². The van der Waals surface area contributed by atoms with E-state index in [2.05, 4.69) is 28.2 Å². The molecule has 4 nitrogen and oxygen atoms in total. The quantitative estimate of drug-likeness (QED) is 0.266. The molecule has 0 aliphatic rings. The van der Waals surface area contributed by atoms with Crippen LogP contribution in [0.5, 0.6) is 0 Å². The monoisotopic (exact) mass is 120 g/mol. The van der Waals surface area contributed by atoms with Gasteiger partial charge in [-0.15, -0.1) is 5.34 Å². The summed E-state index contributed by atoms with van der Waals surface area (Å²) in [5.41, 5.74) is 0. The van der Waals surface area contributed by atoms with E-state index in [0.29, 0.717) is 0 Å². The summed E-state index contributed by atoms with van der Waals surface area (Å²) in [7, 11) is 8.50. The molecule has 0 bridgehead atoms. The van der Waals surface area contributed by atoms with Crippen LogP contribution in [-0.4, -0.2) is 32.7 Å². The molecule has 0 fully saturated rings. The Bertz CT molecular complexity index is 51.5. The van der Waals surface area contributed by atoms with Gasteiger partial charge in [0, 0.05) is 0 Å². The minimum Gasteiger partial charge on any atom is -0.444 e. The van der Waals surface area contributed by atoms with E-state index < -0.39 is 0 Å². The van der Waals surface area contributed by atoms with Crippen molar-refractivity contribution in [1.82, 2.24) is 0 Å². The molecular formula is C4H12N2O2. The van der Waals surface area contributed by atoms with Gasteiger partial charge in [-0.1, -0.05) is 0 Å². The summed E-state index contributed by atoms with van der Waals surface area (Å²) in [4.78, 5) is 8.00. The third kappa shape index (κ3) is 249. The lowest BCUT2D eigenvalue weighted by Gasteiger charge is -2.14. The molecule has 0 spiro atoms. The number of rotatable bonds is 0. The highest BCUT2D eigenvalue weighted by Crippen LogP contribution is 1.73. The largest absolute Gasteiger partial charge is 0.444 e. The van der Waals surface area contributed by atoms with E-state index in [1.54, 1.807) is 0 Å². The highest BCUT2D eigenvalue weighted by atomic mass is 16.6. The van der Waals surface area contributed by atoms with Crippen LogP contribution in [0, 0.1) is 10.1 Å². The Morgan fingerprint density at radius 3 is 1.25 bits per heavy atom. The first-order valence-corrected chi connectivity index (χ1v) is 2.15. The van der Waals surface area contributed by atoms with Crippen molar-refractivity contribution in [3.8, 4) is 0 Å². The van der Waals surface area contributed by atoms with E-state index in [1.807, 2.05) is 0 Å². The van der Waals surface area contributed by atoms with Gasteiger partial charge in [-0.05, 0) is 0 Å². The Morgan fingerprint density at radius 1 is 1.25 bits per heavy atom. The van der Waals surface area contributed by atoms with Crippen LogP contribution in [0.1, 0.15) is 0 Å². The van der Waals surface area contributed by atoms with Gasteiger partial charge in [0.05, 0.1) is 28.2 Å². The molecule has 0 aromatic rings. The van der Waals surface area contributed by atoms with E-state index in [4.69, 9.17) is 10.1 Å². The summed E-state index contributed by atoms with van der Waals surface area (Å²) in [5, 5.41) is 9.00. The van der Waals surface area contributed by atoms with E-state index in [9.17, 15) is 0 Å². The second kappa shape index (κ2) is 4.52. The normalized spacial score (nSPS) is 9.00. The molecule has 0 N–H and O–H groups in total. The van der Waals surface area contributed by atoms with Crippen LogP contribution in [0.4, 0.5) is 0 Å². The van der Waals surface area contributed by atoms with Gasteiger partial charge in [0.15, 0.2) is 0 Å². The van der Waals surface area contributed by atoms with Crippen LogP contribution >= 0.6 is 0 Å². The van der Waals surface area contributed by atoms with Gasteiger partial charge >= 0.3 is 0 Å². The Hall–Kier alpha value is -0.640. The fourth-order valence-electron chi connectivity index (χ4n) is 0. The molecule has 0 radical (unpaired) electrons. The van der Waals surface area contributed by atoms with Crippen molar-refractivity contribution in [3.63, 3.8) is 0 Å². The second-order valence-electron chi connectivity index (χ2n) is 2.76. The zero-order chi connectivity index (χ0) is 7.21. The summed E-state index contributed by atoms with van der Waals surface area (Å²) in [6.45, 7) is 0. The van der Waals surface area contributed by atoms with Crippen molar-refractivity contribution in [2.24, 2.45) is 5.34 Å². The smallest absolute Gasteiger partial charge is 0.0675 e. The Kier molecular flexibility index (Phi) is 5.85. The molecule has 0 saturated carbocycles. The maximum Gasteiger partial charge on any atom is 0.0675 e. The van der Waals surface area contributed by atoms with Gasteiger partial charge in [-0.3, -0.25) is 0 Å². The van der Waals surface area contributed by atoms with Gasteiger partial charge in [-0.25, -0.2) is 0 Å². The lowest BCUT2D eigenvalue weighted by molar-refractivity contribution is -0.849. The molecule has 8 heavy (non-hydrogen) atoms. The molecule has 0 atom stereocenters. The Morgan fingerprint density at radius 2 is 1.25 bits per heavy atom. The summed E-state index contributed by atoms with van der Waals surface area (Å²) in [6, 6.07) is 0. The lowest BCUT2D eigenvalue weighted by Crippen LogP contribution is -2.27. The highest BCUT2D eigenvalue weighted by molar-refractivity contribution is 4.21. The number of quaternary nitrogens is 1. The molecule has 0 aromatic carbocycles. The summed E-state index contributed by atoms with van der Waals surface area (Å²) in [6.07, 6.45) is 0. The average Bonchev–Trinajstić information content (AvgIpc) is 1.27. The predicted octanol–water partition coefficient (Wildman–Crippen LogP) is 0.573. The summed E-state index contributed by atoms with van der Waals surface area (Å²) < 4.78 is 1.00. The minimum atomic E-state index is 1.00. The van der Waals surface area contributed by atoms with Gasteiger partial charge in [0.1, 0.15) is 0 Å². The maximum absolute atomic E-state index is 8.00. The van der Waals surface area contributed by atoms with Crippen molar-refractivity contribution in [2.45, 2.75) is 0 Å². The lowest BCUT2D eigenvalue weighted by atomic mass is 10.8. The third-order valence-corrected chi connectivity index (χ3v) is 0. The molecule has 0 aromatic heterocycles. The fraction of sp³-hybridized carbons (Fsp3) is 1.00. The standard InChI is InChI=1S/C4H12N.HNO2/c1-5(2,3)4;2-1-3/h1-4H3;(H,2,3)/q+1;/p-1. The van der Waals surface area contributed by atoms with Crippen molar-refractivity contribution in [3.05, 3.63) is 10.1 Å². The van der Waals surface area contributed by atoms with Crippen molar-refractivity contribution >= 4 is 0 Å². The van der Waals surface area contributed by atoms with Crippen molar-refractivity contribution in [2.75, 3.05) is 28.2 Å². The zero-order valence-corrected chi connectivity index (χ0v) is 5.71. The van der Waals surface area contributed by atoms with E-state index in [0.717, 1.165) is 9.82 Å². The molecule has 0 aliphatic carbocycles. The molecule has 0 saturated heterocycles. The molecule has 0 heterocycles. The molecule has 0 unspecified atom stereocenters. The molecule has 0 rings (SSSR count). The van der Waals surface area contributed by atoms with Crippen LogP contribution < -0.4 is 0 Å². The molecule has 50 valence electrons. The molecular weight excluding hydrogens is 108 g/mol. The first-order chi connectivity index (χ1) is 3.41. The van der Waals surface area contributed by atoms with Gasteiger partial charge in [-0.2, -0.15) is 0 Å². The zero-order valence-electron chi connectivity index (χ0n) is 5.71. The minimum absolute atomic E-state index is 1.00. The van der Waals surface area contributed by atoms with Gasteiger partial charge < -0.3 is 14.6 Å². The summed E-state index contributed by atoms with van der Waals surface area (Å²) in [5.74, 6) is 0. The molecule has 0 amide bonds. The molecule has 0 aliphatic heterocycles. The Labute approximate surface area is 49.3 Å². The number of hydrogen-bond donors (Lipinski definition) is 0. The van der Waals surface area contributed by atoms with Crippen LogP contribution in [0.25, 0.3) is 0 Å². The van der Waals surface area contributed by atoms with Crippen LogP contribution in [0.15, 0.2) is 5.34 Å². The van der Waals surface area contributed by atoms with Crippen LogP contribution in [0.3, 0.4) is 0 Å². The van der Waals surface area contributed by atoms with E-state index in [-0.39, 0.29) is 0 Å². The van der Waals surface area contributed by atoms with Crippen molar-refractivity contribution in [1.29, 1.82) is 0 Å². The third-order valence-electron chi connectivity index (χ3n) is 0. The second-order valence-corrected chi connectivity index (χ2v) is 2.76. The predicted molar refractivity (Wildman–Crippen MR) is 33.1 cm³/mol. The van der Waals surface area contributed by atoms with E-state index in [1.165, 1.54) is 0 Å². The Balaban J connectivity index is 0.